The minimum atomic E-state index is -0.333. The molecule has 0 aliphatic carbocycles. The molecule has 7 nitrogen and oxygen atoms in total. The van der Waals surface area contributed by atoms with Crippen LogP contribution in [-0.2, 0) is 0 Å². The van der Waals surface area contributed by atoms with Crippen LogP contribution in [0.3, 0.4) is 0 Å². The molecule has 3 heterocycles. The van der Waals surface area contributed by atoms with Crippen molar-refractivity contribution in [1.29, 1.82) is 0 Å². The van der Waals surface area contributed by atoms with Crippen LogP contribution in [0.1, 0.15) is 13.8 Å². The van der Waals surface area contributed by atoms with Gasteiger partial charge in [0.25, 0.3) is 5.56 Å². The van der Waals surface area contributed by atoms with Crippen LogP contribution in [0.4, 0.5) is 15.8 Å². The molecule has 2 aromatic carbocycles. The van der Waals surface area contributed by atoms with Gasteiger partial charge in [0, 0.05) is 43.7 Å². The van der Waals surface area contributed by atoms with E-state index in [1.807, 2.05) is 18.2 Å². The highest BCUT2D eigenvalue weighted by molar-refractivity contribution is 5.97. The van der Waals surface area contributed by atoms with Gasteiger partial charge in [-0.25, -0.2) is 9.37 Å². The van der Waals surface area contributed by atoms with Crippen molar-refractivity contribution in [2.24, 2.45) is 0 Å². The minimum absolute atomic E-state index is 0.266. The summed E-state index contributed by atoms with van der Waals surface area (Å²) in [6.07, 6.45) is 0. The molecule has 4 aromatic rings. The highest BCUT2D eigenvalue weighted by Crippen LogP contribution is 2.31. The van der Waals surface area contributed by atoms with Crippen molar-refractivity contribution < 1.29 is 4.39 Å². The molecule has 0 atom stereocenters. The number of benzene rings is 2. The lowest BCUT2D eigenvalue weighted by Gasteiger charge is -2.38. The number of hydrogen-bond acceptors (Lipinski definition) is 5. The molecule has 4 N–H and O–H groups in total. The first-order valence-corrected chi connectivity index (χ1v) is 10.5. The van der Waals surface area contributed by atoms with Gasteiger partial charge >= 0.3 is 0 Å². The molecule has 0 saturated carbocycles. The van der Waals surface area contributed by atoms with E-state index in [0.717, 1.165) is 31.6 Å². The van der Waals surface area contributed by atoms with Crippen molar-refractivity contribution in [2.45, 2.75) is 19.9 Å². The van der Waals surface area contributed by atoms with E-state index in [2.05, 4.69) is 38.6 Å². The van der Waals surface area contributed by atoms with Crippen LogP contribution in [0.2, 0.25) is 0 Å². The van der Waals surface area contributed by atoms with Gasteiger partial charge in [0.1, 0.15) is 17.2 Å². The molecule has 160 valence electrons. The first-order valence-electron chi connectivity index (χ1n) is 10.5. The van der Waals surface area contributed by atoms with E-state index in [1.165, 1.54) is 6.07 Å². The number of H-pyrrole nitrogens is 2. The number of aromatic nitrogens is 3. The van der Waals surface area contributed by atoms with E-state index >= 15 is 0 Å². The number of nitrogens with one attached hydrogen (secondary N) is 2. The lowest BCUT2D eigenvalue weighted by atomic mass is 10.1. The number of nitrogens with two attached hydrogens (primary N) is 1. The number of nitrogen functional groups attached to an aromatic ring is 1. The summed E-state index contributed by atoms with van der Waals surface area (Å²) in [5.41, 5.74) is 8.95. The molecule has 1 saturated heterocycles. The van der Waals surface area contributed by atoms with Gasteiger partial charge in [-0.1, -0.05) is 18.2 Å². The summed E-state index contributed by atoms with van der Waals surface area (Å²) in [5.74, 6) is 0.0182. The Morgan fingerprint density at radius 2 is 1.81 bits per heavy atom. The van der Waals surface area contributed by atoms with Crippen molar-refractivity contribution in [3.63, 3.8) is 0 Å². The molecule has 31 heavy (non-hydrogen) atoms. The maximum atomic E-state index is 14.9. The highest BCUT2D eigenvalue weighted by atomic mass is 19.1. The van der Waals surface area contributed by atoms with E-state index < -0.39 is 0 Å². The van der Waals surface area contributed by atoms with Gasteiger partial charge in [0.15, 0.2) is 0 Å². The van der Waals surface area contributed by atoms with Gasteiger partial charge in [-0.3, -0.25) is 9.69 Å². The van der Waals surface area contributed by atoms with Gasteiger partial charge in [0.2, 0.25) is 0 Å². The Morgan fingerprint density at radius 1 is 1.06 bits per heavy atom. The number of para-hydroxylation sites is 1. The summed E-state index contributed by atoms with van der Waals surface area (Å²) in [5, 5.41) is 0.743. The van der Waals surface area contributed by atoms with E-state index in [9.17, 15) is 9.18 Å². The zero-order valence-electron chi connectivity index (χ0n) is 17.6. The average molecular weight is 420 g/mol. The molecule has 0 amide bonds. The Labute approximate surface area is 178 Å². The van der Waals surface area contributed by atoms with Crippen molar-refractivity contribution >= 4 is 33.3 Å². The number of fused-ring (bicyclic) bond motifs is 2. The van der Waals surface area contributed by atoms with Crippen LogP contribution in [0.15, 0.2) is 41.2 Å². The van der Waals surface area contributed by atoms with Crippen LogP contribution in [0.25, 0.3) is 33.3 Å². The lowest BCUT2D eigenvalue weighted by molar-refractivity contribution is 0.209. The summed E-state index contributed by atoms with van der Waals surface area (Å²) in [4.78, 5) is 27.7. The van der Waals surface area contributed by atoms with Gasteiger partial charge in [-0.05, 0) is 26.0 Å². The number of hydrogen-bond donors (Lipinski definition) is 3. The molecular formula is C23H25FN6O. The number of halogens is 1. The maximum absolute atomic E-state index is 14.9. The summed E-state index contributed by atoms with van der Waals surface area (Å²) >= 11 is 0. The van der Waals surface area contributed by atoms with E-state index in [0.29, 0.717) is 39.8 Å². The van der Waals surface area contributed by atoms with Crippen molar-refractivity contribution in [1.82, 2.24) is 19.9 Å². The fraction of sp³-hybridized carbons (Fsp3) is 0.304. The lowest BCUT2D eigenvalue weighted by Crippen LogP contribution is -2.49. The number of piperazine rings is 1. The first-order chi connectivity index (χ1) is 14.9. The number of pyridine rings is 1. The summed E-state index contributed by atoms with van der Waals surface area (Å²) in [7, 11) is 0. The largest absolute Gasteiger partial charge is 0.397 e. The van der Waals surface area contributed by atoms with Gasteiger partial charge in [0.05, 0.1) is 27.9 Å². The van der Waals surface area contributed by atoms with Crippen LogP contribution < -0.4 is 16.2 Å². The molecule has 1 aliphatic heterocycles. The second-order valence-electron chi connectivity index (χ2n) is 8.31. The third-order valence-electron chi connectivity index (χ3n) is 6.13. The van der Waals surface area contributed by atoms with Crippen LogP contribution >= 0.6 is 0 Å². The van der Waals surface area contributed by atoms with Crippen molar-refractivity contribution in [3.05, 3.63) is 52.6 Å². The molecule has 0 bridgehead atoms. The normalized spacial score (nSPS) is 15.4. The maximum Gasteiger partial charge on any atom is 0.261 e. The first kappa shape index (κ1) is 19.6. The van der Waals surface area contributed by atoms with Crippen LogP contribution in [0, 0.1) is 5.82 Å². The predicted molar refractivity (Wildman–Crippen MR) is 123 cm³/mol. The van der Waals surface area contributed by atoms with Crippen LogP contribution in [-0.4, -0.2) is 52.1 Å². The highest BCUT2D eigenvalue weighted by Gasteiger charge is 2.23. The Bertz CT molecular complexity index is 1330. The van der Waals surface area contributed by atoms with Crippen molar-refractivity contribution in [3.8, 4) is 11.4 Å². The number of anilines is 2. The number of aromatic amines is 2. The van der Waals surface area contributed by atoms with E-state index in [1.54, 1.807) is 12.1 Å². The molecular weight excluding hydrogens is 395 g/mol. The summed E-state index contributed by atoms with van der Waals surface area (Å²) < 4.78 is 14.9. The molecule has 0 radical (unpaired) electrons. The Balaban J connectivity index is 1.55. The quantitative estimate of drug-likeness (QED) is 0.473. The third-order valence-corrected chi connectivity index (χ3v) is 6.13. The SMILES string of the molecule is CC(C)N1CCN(c2cc3[nH]c(-c4c(N)c5ccccc5[nH]c4=O)nc3cc2F)CC1. The van der Waals surface area contributed by atoms with Gasteiger partial charge < -0.3 is 20.6 Å². The molecule has 8 heteroatoms. The monoisotopic (exact) mass is 420 g/mol. The van der Waals surface area contributed by atoms with Crippen molar-refractivity contribution in [2.75, 3.05) is 36.8 Å². The zero-order chi connectivity index (χ0) is 21.7. The van der Waals surface area contributed by atoms with Gasteiger partial charge in [-0.15, -0.1) is 0 Å². The molecule has 5 rings (SSSR count). The Morgan fingerprint density at radius 3 is 2.55 bits per heavy atom. The Kier molecular flexibility index (Phi) is 4.66. The molecule has 2 aromatic heterocycles. The number of nitrogens with zero attached hydrogens (tertiary/aromatic N) is 3. The smallest absolute Gasteiger partial charge is 0.261 e. The third kappa shape index (κ3) is 3.33. The molecule has 1 fully saturated rings. The fourth-order valence-corrected chi connectivity index (χ4v) is 4.36. The molecule has 0 spiro atoms. The standard InChI is InChI=1S/C23H25FN6O/c1-13(2)29-7-9-30(10-8-29)19-12-18-17(11-15(19)24)26-22(27-18)20-21(25)14-5-3-4-6-16(14)28-23(20)31/h3-6,11-13H,7-10H2,1-2H3,(H,26,27)(H3,25,28,31). The Hall–Kier alpha value is -3.39. The predicted octanol–water partition coefficient (Wildman–Crippen LogP) is 3.32. The van der Waals surface area contributed by atoms with Gasteiger partial charge in [-0.2, -0.15) is 0 Å². The second kappa shape index (κ2) is 7.39. The second-order valence-corrected chi connectivity index (χ2v) is 8.31. The van der Waals surface area contributed by atoms with E-state index in [-0.39, 0.29) is 16.9 Å². The summed E-state index contributed by atoms with van der Waals surface area (Å²) in [6, 6.07) is 11.0. The molecule has 0 unspecified atom stereocenters. The fourth-order valence-electron chi connectivity index (χ4n) is 4.36. The summed E-state index contributed by atoms with van der Waals surface area (Å²) in [6.45, 7) is 7.67. The zero-order valence-corrected chi connectivity index (χ0v) is 17.6. The number of imidazole rings is 1. The topological polar surface area (TPSA) is 94.0 Å². The average Bonchev–Trinajstić information content (AvgIpc) is 3.15. The van der Waals surface area contributed by atoms with E-state index in [4.69, 9.17) is 5.73 Å². The minimum Gasteiger partial charge on any atom is -0.397 e. The molecule has 1 aliphatic rings. The number of rotatable bonds is 3. The van der Waals surface area contributed by atoms with Crippen LogP contribution in [0.5, 0.6) is 0 Å².